The van der Waals surface area contributed by atoms with Gasteiger partial charge in [0.1, 0.15) is 146 Å². The lowest BCUT2D eigenvalue weighted by Gasteiger charge is -2.50. The summed E-state index contributed by atoms with van der Waals surface area (Å²) in [5.74, 6) is 0. The lowest BCUT2D eigenvalue weighted by atomic mass is 9.94. The first-order valence-electron chi connectivity index (χ1n) is 21.1. The molecule has 432 valence electrons. The quantitative estimate of drug-likeness (QED) is 0.117. The minimum Gasteiger partial charge on any atom is -0.394 e. The van der Waals surface area contributed by atoms with Crippen molar-refractivity contribution in [1.82, 2.24) is 0 Å². The summed E-state index contributed by atoms with van der Waals surface area (Å²) < 4.78 is 67.9. The van der Waals surface area contributed by atoms with Crippen LogP contribution in [0.5, 0.6) is 0 Å². The molecule has 0 unspecified atom stereocenters. The van der Waals surface area contributed by atoms with Gasteiger partial charge in [-0.2, -0.15) is 0 Å². The summed E-state index contributed by atoms with van der Waals surface area (Å²) in [4.78, 5) is 0. The average molecular weight is 1190 g/mol. The van der Waals surface area contributed by atoms with Gasteiger partial charge in [0.25, 0.3) is 0 Å². The topological polar surface area (TPSA) is 475 Å². The van der Waals surface area contributed by atoms with E-state index in [2.05, 4.69) is 0 Å². The third kappa shape index (κ3) is 13.9. The Balaban J connectivity index is 0.00000432. The van der Waals surface area contributed by atoms with Crippen LogP contribution in [-0.4, -0.2) is 316 Å². The number of rotatable bonds is 6. The van der Waals surface area contributed by atoms with Crippen molar-refractivity contribution in [3.05, 3.63) is 0 Å². The molecule has 36 heteroatoms. The van der Waals surface area contributed by atoms with E-state index in [1.54, 1.807) is 0 Å². The van der Waals surface area contributed by atoms with Gasteiger partial charge >= 0.3 is 0 Å². The van der Waals surface area contributed by atoms with Crippen molar-refractivity contribution in [2.75, 3.05) is 39.6 Å². The number of hydrogen-bond donors (Lipinski definition) is 18. The van der Waals surface area contributed by atoms with E-state index in [0.29, 0.717) is 0 Å². The molecule has 30 nitrogen and oxygen atoms in total. The second kappa shape index (κ2) is 30.2. The monoisotopic (exact) mass is 1190 g/mol. The van der Waals surface area contributed by atoms with Crippen LogP contribution in [0.15, 0.2) is 0 Å². The van der Waals surface area contributed by atoms with E-state index in [0.717, 1.165) is 0 Å². The van der Waals surface area contributed by atoms with Crippen LogP contribution in [0.1, 0.15) is 0 Å². The second-order valence-electron chi connectivity index (χ2n) is 16.8. The maximum absolute atomic E-state index is 11.2. The van der Waals surface area contributed by atoms with Crippen molar-refractivity contribution in [3.63, 3.8) is 0 Å². The summed E-state index contributed by atoms with van der Waals surface area (Å²) in [5.41, 5.74) is 0. The van der Waals surface area contributed by atoms with Crippen molar-refractivity contribution in [2.24, 2.45) is 0 Å². The molecule has 22 rings (SSSR count). The highest BCUT2D eigenvalue weighted by molar-refractivity contribution is 5.86. The van der Waals surface area contributed by atoms with E-state index in [1.807, 2.05) is 0 Å². The molecule has 0 amide bonds. The van der Waals surface area contributed by atoms with Gasteiger partial charge in [0.15, 0.2) is 37.7 Å². The molecule has 0 aliphatic carbocycles. The predicted molar refractivity (Wildman–Crippen MR) is 239 cm³/mol. The Bertz CT molecular complexity index is 1260. The van der Waals surface area contributed by atoms with Gasteiger partial charge in [-0.15, -0.1) is 74.4 Å². The first-order valence-corrected chi connectivity index (χ1v) is 21.1. The summed E-state index contributed by atoms with van der Waals surface area (Å²) in [6.07, 6.45) is -58.5. The standard InChI is InChI=1S/C36H60O30.6ClH/c37-1-7-25-13(43)19(49)31(55-7)62-26-8(2-38)57-33(21(51)15(26)45)64-28-10(4-40)59-35(23(53)17(28)47)66-30-12(6-42)60-36(24(54)18(30)48)65-29-11(5-41)58-34(22(52)16(29)46)63-27-9(3-39)56-32(61-25)20(50)14(27)44;;;;;;/h7-54H,1-6H2;6*1H/t7-,8-,9-,10-,11-,12-,13-,14-,15-,16-,17-,18-,19-,20-,21-,22-,23-,24-,25-,26-,27-,28-,29-,30-,31-,32-,33-,34-,35-,36-;;;;;;/m1....../s1. The van der Waals surface area contributed by atoms with Gasteiger partial charge < -0.3 is 149 Å². The van der Waals surface area contributed by atoms with Crippen molar-refractivity contribution in [2.45, 2.75) is 184 Å². The van der Waals surface area contributed by atoms with Crippen LogP contribution in [0.2, 0.25) is 0 Å². The summed E-state index contributed by atoms with van der Waals surface area (Å²) in [7, 11) is 0. The van der Waals surface area contributed by atoms with Gasteiger partial charge in [0, 0.05) is 0 Å². The maximum Gasteiger partial charge on any atom is 0.187 e. The van der Waals surface area contributed by atoms with Crippen molar-refractivity contribution >= 4 is 74.4 Å². The Labute approximate surface area is 445 Å². The van der Waals surface area contributed by atoms with Crippen LogP contribution < -0.4 is 0 Å². The first kappa shape index (κ1) is 70.6. The minimum absolute atomic E-state index is 0. The van der Waals surface area contributed by atoms with E-state index in [9.17, 15) is 91.9 Å². The fourth-order valence-corrected chi connectivity index (χ4v) is 8.93. The second-order valence-corrected chi connectivity index (χ2v) is 16.8. The number of aliphatic hydroxyl groups excluding tert-OH is 18. The Morgan fingerprint density at radius 3 is 0.389 bits per heavy atom. The van der Waals surface area contributed by atoms with E-state index < -0.39 is 224 Å². The van der Waals surface area contributed by atoms with Crippen molar-refractivity contribution in [1.29, 1.82) is 0 Å². The molecule has 22 heterocycles. The zero-order valence-electron chi connectivity index (χ0n) is 37.0. The fraction of sp³-hybridized carbons (Fsp3) is 1.00. The zero-order chi connectivity index (χ0) is 48.0. The maximum atomic E-state index is 11.2. The molecule has 12 bridgehead atoms. The van der Waals surface area contributed by atoms with Crippen LogP contribution in [0, 0.1) is 0 Å². The van der Waals surface area contributed by atoms with Crippen molar-refractivity contribution in [3.8, 4) is 0 Å². The number of aliphatic hydroxyl groups is 18. The van der Waals surface area contributed by atoms with Gasteiger partial charge in [-0.25, -0.2) is 0 Å². The molecule has 0 aromatic carbocycles. The Kier molecular flexibility index (Phi) is 29.6. The molecule has 22 fully saturated rings. The van der Waals surface area contributed by atoms with E-state index in [-0.39, 0.29) is 74.4 Å². The molecule has 22 saturated heterocycles. The van der Waals surface area contributed by atoms with Crippen LogP contribution in [-0.2, 0) is 56.8 Å². The number of halogens is 6. The molecule has 30 atom stereocenters. The predicted octanol–water partition coefficient (Wildman–Crippen LogP) is -10.5. The molecule has 0 radical (unpaired) electrons. The first-order chi connectivity index (χ1) is 31.4. The third-order valence-corrected chi connectivity index (χ3v) is 12.7. The fourth-order valence-electron chi connectivity index (χ4n) is 8.93. The molecular weight excluding hydrogens is 1130 g/mol. The third-order valence-electron chi connectivity index (χ3n) is 12.7. The Hall–Kier alpha value is 0.540. The van der Waals surface area contributed by atoms with E-state index >= 15 is 0 Å². The summed E-state index contributed by atoms with van der Waals surface area (Å²) in [5, 5.41) is 196. The highest BCUT2D eigenvalue weighted by Gasteiger charge is 2.58. The van der Waals surface area contributed by atoms with Gasteiger partial charge in [-0.3, -0.25) is 0 Å². The number of ether oxygens (including phenoxy) is 12. The van der Waals surface area contributed by atoms with Crippen LogP contribution in [0.25, 0.3) is 0 Å². The molecule has 0 saturated carbocycles. The van der Waals surface area contributed by atoms with Crippen LogP contribution in [0.3, 0.4) is 0 Å². The molecule has 22 aliphatic rings. The zero-order valence-corrected chi connectivity index (χ0v) is 41.9. The van der Waals surface area contributed by atoms with Crippen LogP contribution in [0.4, 0.5) is 0 Å². The van der Waals surface area contributed by atoms with Gasteiger partial charge in [0.05, 0.1) is 39.6 Å². The van der Waals surface area contributed by atoms with E-state index in [4.69, 9.17) is 56.8 Å². The Morgan fingerprint density at radius 2 is 0.292 bits per heavy atom. The van der Waals surface area contributed by atoms with Crippen LogP contribution >= 0.6 is 74.4 Å². The SMILES string of the molecule is Cl.Cl.Cl.Cl.Cl.Cl.OC[C@H]1O[C@@H]2O[C@H]3[C@H](O)[C@@H](O)[C@@H](O[C@H]4[C@H](O)[C@@H](O)[C@@H](O[C@H]5[C@H](O)[C@@H](O)[C@@H](O[C@H]6[C@H](O)[C@@H](O)[C@@H](O[C@H]7[C@H](O)[C@@H](O)[C@@H](O[C@H]1[C@H](O)[C@H]2O)O[C@@H]7CO)O[C@@H]6CO)O[C@@H]5CO)O[C@@H]4CO)O[C@@H]3CO. The molecule has 72 heavy (non-hydrogen) atoms. The molecule has 0 spiro atoms. The normalized spacial score (nSPS) is 50.8. The van der Waals surface area contributed by atoms with Gasteiger partial charge in [-0.1, -0.05) is 0 Å². The highest BCUT2D eigenvalue weighted by atomic mass is 35.5. The Morgan fingerprint density at radius 1 is 0.181 bits per heavy atom. The van der Waals surface area contributed by atoms with Crippen molar-refractivity contribution < 1.29 is 149 Å². The summed E-state index contributed by atoms with van der Waals surface area (Å²) in [6.45, 7) is -5.99. The summed E-state index contributed by atoms with van der Waals surface area (Å²) >= 11 is 0. The number of hydrogen-bond acceptors (Lipinski definition) is 30. The van der Waals surface area contributed by atoms with E-state index in [1.165, 1.54) is 0 Å². The minimum atomic E-state index is -2.15. The molecule has 18 N–H and O–H groups in total. The largest absolute Gasteiger partial charge is 0.394 e. The van der Waals surface area contributed by atoms with Gasteiger partial charge in [-0.05, 0) is 0 Å². The highest BCUT2D eigenvalue weighted by Crippen LogP contribution is 2.38. The lowest BCUT2D eigenvalue weighted by Crippen LogP contribution is -2.69. The molecule has 0 aromatic heterocycles. The molecular formula is C36H66Cl6O30. The molecule has 22 aliphatic heterocycles. The summed E-state index contributed by atoms with van der Waals surface area (Å²) in [6, 6.07) is 0. The average Bonchev–Trinajstić information content (AvgIpc) is 3.31. The molecule has 0 aromatic rings. The van der Waals surface area contributed by atoms with Gasteiger partial charge in [0.2, 0.25) is 0 Å². The lowest BCUT2D eigenvalue weighted by molar-refractivity contribution is -0.404. The smallest absolute Gasteiger partial charge is 0.187 e.